The first-order chi connectivity index (χ1) is 11.2. The molecule has 2 rings (SSSR count). The summed E-state index contributed by atoms with van der Waals surface area (Å²) in [6.45, 7) is -2.13. The van der Waals surface area contributed by atoms with E-state index in [9.17, 15) is 39.6 Å². The summed E-state index contributed by atoms with van der Waals surface area (Å²) < 4.78 is 101. The molecule has 0 saturated carbocycles. The number of rotatable bonds is 2. The van der Waals surface area contributed by atoms with Gasteiger partial charge in [-0.1, -0.05) is 0 Å². The van der Waals surface area contributed by atoms with Gasteiger partial charge in [-0.25, -0.2) is 8.42 Å². The van der Waals surface area contributed by atoms with Crippen molar-refractivity contribution in [2.75, 3.05) is 32.4 Å². The van der Waals surface area contributed by atoms with E-state index < -0.39 is 57.8 Å². The van der Waals surface area contributed by atoms with Crippen molar-refractivity contribution in [3.63, 3.8) is 0 Å². The molecule has 0 aliphatic carbocycles. The van der Waals surface area contributed by atoms with E-state index in [2.05, 4.69) is 5.32 Å². The number of carbonyl (C=O) groups excluding carboxylic acids is 1. The van der Waals surface area contributed by atoms with Crippen LogP contribution in [0.4, 0.5) is 26.3 Å². The van der Waals surface area contributed by atoms with Crippen molar-refractivity contribution in [1.29, 1.82) is 0 Å². The Bertz CT molecular complexity index is 629. The third-order valence-electron chi connectivity index (χ3n) is 5.15. The SMILES string of the molecule is CS(=O)(=O)C1(C(=O)N2CCC(C(F)(F)F)(C(F)(F)F)C2)CCNCC1.Cl. The van der Waals surface area contributed by atoms with Gasteiger partial charge in [-0.2, -0.15) is 26.3 Å². The van der Waals surface area contributed by atoms with Gasteiger partial charge in [-0.15, -0.1) is 12.4 Å². The highest BCUT2D eigenvalue weighted by atomic mass is 35.5. The standard InChI is InChI=1S/C13H18F6N2O3S.ClH/c1-25(23,24)10(2-5-20-6-3-10)9(22)21-7-4-11(8-21,12(14,15)16)13(17,18)19;/h20H,2-8H2,1H3;1H. The lowest BCUT2D eigenvalue weighted by atomic mass is 9.85. The van der Waals surface area contributed by atoms with Crippen molar-refractivity contribution in [2.45, 2.75) is 36.4 Å². The zero-order valence-corrected chi connectivity index (χ0v) is 15.3. The molecule has 0 aromatic heterocycles. The number of hydrogen-bond acceptors (Lipinski definition) is 4. The van der Waals surface area contributed by atoms with E-state index in [1.165, 1.54) is 0 Å². The summed E-state index contributed by atoms with van der Waals surface area (Å²) in [7, 11) is -4.03. The number of amides is 1. The highest BCUT2D eigenvalue weighted by Crippen LogP contribution is 2.56. The Morgan fingerprint density at radius 1 is 1.00 bits per heavy atom. The molecule has 0 atom stereocenters. The van der Waals surface area contributed by atoms with Crippen molar-refractivity contribution in [2.24, 2.45) is 5.41 Å². The minimum Gasteiger partial charge on any atom is -0.340 e. The Morgan fingerprint density at radius 2 is 1.46 bits per heavy atom. The summed E-state index contributed by atoms with van der Waals surface area (Å²) in [5, 5.41) is 2.83. The molecule has 26 heavy (non-hydrogen) atoms. The lowest BCUT2D eigenvalue weighted by Gasteiger charge is -2.38. The number of sulfone groups is 1. The molecule has 0 unspecified atom stereocenters. The number of carbonyl (C=O) groups is 1. The lowest BCUT2D eigenvalue weighted by molar-refractivity contribution is -0.334. The van der Waals surface area contributed by atoms with E-state index in [1.54, 1.807) is 0 Å². The van der Waals surface area contributed by atoms with Crippen LogP contribution in [0, 0.1) is 5.41 Å². The first-order valence-corrected chi connectivity index (χ1v) is 9.40. The summed E-state index contributed by atoms with van der Waals surface area (Å²) in [6, 6.07) is 0. The highest BCUT2D eigenvalue weighted by molar-refractivity contribution is 7.92. The van der Waals surface area contributed by atoms with E-state index in [0.717, 1.165) is 6.26 Å². The number of nitrogens with one attached hydrogen (secondary N) is 1. The molecular weight excluding hydrogens is 414 g/mol. The molecule has 0 spiro atoms. The fraction of sp³-hybridized carbons (Fsp3) is 0.923. The van der Waals surface area contributed by atoms with Crippen LogP contribution < -0.4 is 5.32 Å². The molecule has 13 heteroatoms. The average Bonchev–Trinajstić information content (AvgIpc) is 2.92. The first kappa shape index (κ1) is 23.3. The van der Waals surface area contributed by atoms with Gasteiger partial charge in [0.25, 0.3) is 0 Å². The van der Waals surface area contributed by atoms with Gasteiger partial charge in [0.05, 0.1) is 0 Å². The van der Waals surface area contributed by atoms with Gasteiger partial charge in [0.15, 0.2) is 20.0 Å². The average molecular weight is 433 g/mol. The van der Waals surface area contributed by atoms with E-state index in [0.29, 0.717) is 4.90 Å². The van der Waals surface area contributed by atoms with Crippen LogP contribution in [0.1, 0.15) is 19.3 Å². The van der Waals surface area contributed by atoms with Gasteiger partial charge in [0.2, 0.25) is 5.91 Å². The zero-order valence-electron chi connectivity index (χ0n) is 13.7. The lowest BCUT2D eigenvalue weighted by Crippen LogP contribution is -2.59. The Labute approximate surface area is 152 Å². The minimum absolute atomic E-state index is 0. The van der Waals surface area contributed by atoms with Crippen molar-refractivity contribution in [1.82, 2.24) is 10.2 Å². The Hall–Kier alpha value is -0.750. The fourth-order valence-corrected chi connectivity index (χ4v) is 4.86. The van der Waals surface area contributed by atoms with E-state index in [4.69, 9.17) is 0 Å². The van der Waals surface area contributed by atoms with Gasteiger partial charge in [0, 0.05) is 19.3 Å². The summed E-state index contributed by atoms with van der Waals surface area (Å²) in [4.78, 5) is 13.1. The molecule has 0 radical (unpaired) electrons. The monoisotopic (exact) mass is 432 g/mol. The van der Waals surface area contributed by atoms with E-state index in [1.807, 2.05) is 0 Å². The van der Waals surface area contributed by atoms with Gasteiger partial charge in [-0.05, 0) is 32.4 Å². The molecule has 2 saturated heterocycles. The molecule has 1 amide bonds. The largest absolute Gasteiger partial charge is 0.404 e. The predicted octanol–water partition coefficient (Wildman–Crippen LogP) is 1.92. The number of halogens is 7. The molecular formula is C13H19ClF6N2O3S. The maximum Gasteiger partial charge on any atom is 0.404 e. The van der Waals surface area contributed by atoms with E-state index >= 15 is 0 Å². The fourth-order valence-electron chi connectivity index (χ4n) is 3.47. The number of nitrogens with zero attached hydrogens (tertiary/aromatic N) is 1. The van der Waals surface area contributed by atoms with Crippen LogP contribution in [0.15, 0.2) is 0 Å². The van der Waals surface area contributed by atoms with Crippen molar-refractivity contribution < 1.29 is 39.6 Å². The molecule has 0 aromatic rings. The number of hydrogen-bond donors (Lipinski definition) is 1. The van der Waals surface area contributed by atoms with Crippen LogP contribution in [-0.2, 0) is 14.6 Å². The second-order valence-electron chi connectivity index (χ2n) is 6.57. The van der Waals surface area contributed by atoms with E-state index in [-0.39, 0.29) is 38.3 Å². The Balaban J connectivity index is 0.00000338. The maximum atomic E-state index is 13.1. The summed E-state index contributed by atoms with van der Waals surface area (Å²) >= 11 is 0. The molecule has 0 bridgehead atoms. The summed E-state index contributed by atoms with van der Waals surface area (Å²) in [5.41, 5.74) is -4.03. The van der Waals surface area contributed by atoms with Gasteiger partial charge in [-0.3, -0.25) is 4.79 Å². The van der Waals surface area contributed by atoms with Crippen LogP contribution in [-0.4, -0.2) is 68.8 Å². The third-order valence-corrected chi connectivity index (χ3v) is 7.15. The molecule has 2 aliphatic heterocycles. The molecule has 154 valence electrons. The zero-order chi connectivity index (χ0) is 19.3. The Kier molecular flexibility index (Phi) is 6.28. The van der Waals surface area contributed by atoms with Crippen LogP contribution in [0.25, 0.3) is 0 Å². The molecule has 2 aliphatic rings. The Morgan fingerprint density at radius 3 is 1.81 bits per heavy atom. The van der Waals surface area contributed by atoms with Crippen molar-refractivity contribution in [3.8, 4) is 0 Å². The quantitative estimate of drug-likeness (QED) is 0.677. The predicted molar refractivity (Wildman–Crippen MR) is 82.7 cm³/mol. The minimum atomic E-state index is -5.59. The van der Waals surface area contributed by atoms with Crippen LogP contribution in [0.5, 0.6) is 0 Å². The van der Waals surface area contributed by atoms with Crippen molar-refractivity contribution >= 4 is 28.2 Å². The molecule has 0 aromatic carbocycles. The van der Waals surface area contributed by atoms with Crippen LogP contribution in [0.2, 0.25) is 0 Å². The third kappa shape index (κ3) is 3.51. The highest BCUT2D eigenvalue weighted by Gasteiger charge is 2.73. The van der Waals surface area contributed by atoms with Crippen LogP contribution >= 0.6 is 12.4 Å². The van der Waals surface area contributed by atoms with Gasteiger partial charge >= 0.3 is 12.4 Å². The molecule has 2 fully saturated rings. The van der Waals surface area contributed by atoms with Crippen LogP contribution in [0.3, 0.4) is 0 Å². The smallest absolute Gasteiger partial charge is 0.340 e. The summed E-state index contributed by atoms with van der Waals surface area (Å²) in [6.07, 6.45) is -12.1. The second-order valence-corrected chi connectivity index (χ2v) is 8.90. The molecule has 2 heterocycles. The normalized spacial score (nSPS) is 23.4. The number of alkyl halides is 6. The summed E-state index contributed by atoms with van der Waals surface area (Å²) in [5.74, 6) is -1.17. The topological polar surface area (TPSA) is 66.5 Å². The van der Waals surface area contributed by atoms with Gasteiger partial charge in [0.1, 0.15) is 0 Å². The maximum absolute atomic E-state index is 13.1. The molecule has 1 N–H and O–H groups in total. The number of piperidine rings is 1. The second kappa shape index (κ2) is 7.01. The van der Waals surface area contributed by atoms with Gasteiger partial charge < -0.3 is 10.2 Å². The molecule has 5 nitrogen and oxygen atoms in total. The van der Waals surface area contributed by atoms with Crippen molar-refractivity contribution in [3.05, 3.63) is 0 Å². The first-order valence-electron chi connectivity index (χ1n) is 7.51. The number of likely N-dealkylation sites (tertiary alicyclic amines) is 1.